The van der Waals surface area contributed by atoms with E-state index in [1.165, 1.54) is 4.90 Å². The Morgan fingerprint density at radius 3 is 2.12 bits per heavy atom. The molecule has 0 spiro atoms. The molecule has 6 heteroatoms. The first kappa shape index (κ1) is 15.2. The zero-order valence-corrected chi connectivity index (χ0v) is 11.0. The molecule has 0 aliphatic rings. The van der Waals surface area contributed by atoms with Crippen LogP contribution in [0.2, 0.25) is 0 Å². The summed E-state index contributed by atoms with van der Waals surface area (Å²) in [7, 11) is 0. The minimum Gasteiger partial charge on any atom is -0.475 e. The van der Waals surface area contributed by atoms with Crippen molar-refractivity contribution >= 4 is 5.91 Å². The van der Waals surface area contributed by atoms with Crippen LogP contribution in [-0.2, 0) is 9.53 Å². The van der Waals surface area contributed by atoms with Gasteiger partial charge in [0.05, 0.1) is 6.61 Å². The highest BCUT2D eigenvalue weighted by Crippen LogP contribution is 2.15. The quantitative estimate of drug-likeness (QED) is 0.455. The molecule has 0 heterocycles. The lowest BCUT2D eigenvalue weighted by molar-refractivity contribution is -0.130. The molecule has 0 unspecified atom stereocenters. The second-order valence-electron chi connectivity index (χ2n) is 4.09. The number of diazo groups is 1. The van der Waals surface area contributed by atoms with Crippen molar-refractivity contribution in [3.05, 3.63) is 16.6 Å². The van der Waals surface area contributed by atoms with Crippen LogP contribution in [0.4, 0.5) is 0 Å². The average Bonchev–Trinajstić information content (AvgIpc) is 2.17. The van der Waals surface area contributed by atoms with Gasteiger partial charge in [-0.2, -0.15) is 0 Å². The molecule has 0 saturated carbocycles. The van der Waals surface area contributed by atoms with E-state index in [9.17, 15) is 9.90 Å². The Labute approximate surface area is 101 Å². The van der Waals surface area contributed by atoms with Gasteiger partial charge in [0.1, 0.15) is 0 Å². The van der Waals surface area contributed by atoms with Gasteiger partial charge < -0.3 is 14.7 Å². The van der Waals surface area contributed by atoms with Gasteiger partial charge in [-0.05, 0) is 34.6 Å². The van der Waals surface area contributed by atoms with Crippen LogP contribution in [0.5, 0.6) is 0 Å². The molecule has 6 nitrogen and oxygen atoms in total. The number of amides is 1. The van der Waals surface area contributed by atoms with E-state index in [0.717, 1.165) is 0 Å². The molecule has 0 bridgehead atoms. The van der Waals surface area contributed by atoms with Gasteiger partial charge in [0.15, 0.2) is 4.98 Å². The fourth-order valence-corrected chi connectivity index (χ4v) is 1.57. The lowest BCUT2D eigenvalue weighted by atomic mass is 10.2. The molecule has 0 atom stereocenters. The van der Waals surface area contributed by atoms with Crippen LogP contribution in [0.25, 0.3) is 4.98 Å². The van der Waals surface area contributed by atoms with Gasteiger partial charge in [0.2, 0.25) is 5.39 Å². The first-order valence-corrected chi connectivity index (χ1v) is 5.60. The van der Waals surface area contributed by atoms with Crippen molar-refractivity contribution in [1.82, 2.24) is 4.90 Å². The van der Waals surface area contributed by atoms with Gasteiger partial charge in [-0.25, -0.2) is 0 Å². The highest BCUT2D eigenvalue weighted by molar-refractivity contribution is 5.95. The predicted molar refractivity (Wildman–Crippen MR) is 63.5 cm³/mol. The van der Waals surface area contributed by atoms with Crippen molar-refractivity contribution < 1.29 is 14.6 Å². The normalized spacial score (nSPS) is 12.1. The second kappa shape index (κ2) is 6.74. The lowest BCUT2D eigenvalue weighted by Gasteiger charge is -2.28. The smallest absolute Gasteiger partial charge is 0.475 e. The minimum absolute atomic E-state index is 0.0753. The molecule has 96 valence electrons. The van der Waals surface area contributed by atoms with Crippen molar-refractivity contribution in [2.45, 2.75) is 46.7 Å². The number of carbonyl (C=O) groups excluding carboxylic acids is 1. The Hall–Kier alpha value is -1.77. The van der Waals surface area contributed by atoms with E-state index in [1.807, 2.05) is 27.7 Å². The minimum atomic E-state index is -0.661. The number of hydrogen-bond acceptors (Lipinski definition) is 4. The highest BCUT2D eigenvalue weighted by atomic mass is 16.6. The van der Waals surface area contributed by atoms with Crippen LogP contribution in [0, 0.1) is 5.39 Å². The molecule has 0 fully saturated rings. The average molecular weight is 242 g/mol. The van der Waals surface area contributed by atoms with Crippen molar-refractivity contribution in [3.63, 3.8) is 0 Å². The van der Waals surface area contributed by atoms with Crippen LogP contribution < -0.4 is 0 Å². The van der Waals surface area contributed by atoms with Gasteiger partial charge >= 0.3 is 17.5 Å². The van der Waals surface area contributed by atoms with Gasteiger partial charge in [-0.15, -0.1) is 0 Å². The Morgan fingerprint density at radius 2 is 1.82 bits per heavy atom. The number of ether oxygens (including phenoxy) is 1. The van der Waals surface area contributed by atoms with Crippen LogP contribution >= 0.6 is 0 Å². The summed E-state index contributed by atoms with van der Waals surface area (Å²) in [5.74, 6) is -1.23. The van der Waals surface area contributed by atoms with E-state index in [4.69, 9.17) is 10.1 Å². The number of aliphatic hydroxyl groups is 1. The fraction of sp³-hybridized carbons (Fsp3) is 0.727. The fourth-order valence-electron chi connectivity index (χ4n) is 1.57. The Morgan fingerprint density at radius 1 is 1.35 bits per heavy atom. The number of carbonyl (C=O) groups is 1. The summed E-state index contributed by atoms with van der Waals surface area (Å²) in [5.41, 5.74) is -0.478. The molecular weight excluding hydrogens is 222 g/mol. The van der Waals surface area contributed by atoms with Crippen molar-refractivity contribution in [3.8, 4) is 0 Å². The van der Waals surface area contributed by atoms with Crippen LogP contribution in [0.1, 0.15) is 34.6 Å². The maximum absolute atomic E-state index is 12.0. The maximum Gasteiger partial charge on any atom is 0.527 e. The molecule has 0 aliphatic heterocycles. The third-order valence-electron chi connectivity index (χ3n) is 2.13. The van der Waals surface area contributed by atoms with Gasteiger partial charge in [0, 0.05) is 12.1 Å². The first-order valence-electron chi connectivity index (χ1n) is 5.60. The Bertz CT molecular complexity index is 334. The largest absolute Gasteiger partial charge is 0.527 e. The molecule has 1 N–H and O–H groups in total. The summed E-state index contributed by atoms with van der Waals surface area (Å²) in [6.45, 7) is 9.18. The molecule has 0 aromatic carbocycles. The standard InChI is InChI=1S/C11H19N3O3/c1-6-17-11(16)9(13-12)10(15)14(7(2)3)8(4)5/h7-8H,6H2,1-5H3/p+1. The first-order chi connectivity index (χ1) is 7.86. The van der Waals surface area contributed by atoms with E-state index in [-0.39, 0.29) is 18.7 Å². The third-order valence-corrected chi connectivity index (χ3v) is 2.13. The van der Waals surface area contributed by atoms with Crippen LogP contribution in [-0.4, -0.2) is 34.6 Å². The predicted octanol–water partition coefficient (Wildman–Crippen LogP) is 2.25. The SMILES string of the molecule is CCO/C(O)=C(/[N+]#N)C(=O)N(C(C)C)C(C)C. The van der Waals surface area contributed by atoms with E-state index in [2.05, 4.69) is 4.98 Å². The summed E-state index contributed by atoms with van der Waals surface area (Å²) in [6.07, 6.45) is 0. The molecule has 0 aromatic heterocycles. The monoisotopic (exact) mass is 242 g/mol. The molecule has 17 heavy (non-hydrogen) atoms. The van der Waals surface area contributed by atoms with E-state index < -0.39 is 17.5 Å². The maximum atomic E-state index is 12.0. The summed E-state index contributed by atoms with van der Waals surface area (Å²) < 4.78 is 4.76. The van der Waals surface area contributed by atoms with Crippen LogP contribution in [0.15, 0.2) is 11.6 Å². The molecular formula is C11H20N3O3+. The van der Waals surface area contributed by atoms with Crippen molar-refractivity contribution in [2.24, 2.45) is 0 Å². The van der Waals surface area contributed by atoms with E-state index >= 15 is 0 Å². The summed E-state index contributed by atoms with van der Waals surface area (Å²) >= 11 is 0. The second-order valence-corrected chi connectivity index (χ2v) is 4.09. The lowest BCUT2D eigenvalue weighted by Crippen LogP contribution is -2.42. The molecule has 0 radical (unpaired) electrons. The molecule has 0 rings (SSSR count). The van der Waals surface area contributed by atoms with Gasteiger partial charge in [0.25, 0.3) is 0 Å². The summed E-state index contributed by atoms with van der Waals surface area (Å²) in [6, 6.07) is -0.151. The van der Waals surface area contributed by atoms with E-state index in [1.54, 1.807) is 6.92 Å². The molecule has 0 aromatic rings. The number of rotatable bonds is 5. The van der Waals surface area contributed by atoms with Gasteiger partial charge in [-0.3, -0.25) is 4.79 Å². The topological polar surface area (TPSA) is 77.9 Å². The Kier molecular flexibility index (Phi) is 6.03. The van der Waals surface area contributed by atoms with Crippen LogP contribution in [0.3, 0.4) is 0 Å². The Balaban J connectivity index is 5.24. The van der Waals surface area contributed by atoms with E-state index in [0.29, 0.717) is 0 Å². The number of nitrogens with zero attached hydrogens (tertiary/aromatic N) is 3. The zero-order valence-electron chi connectivity index (χ0n) is 11.0. The third kappa shape index (κ3) is 3.94. The highest BCUT2D eigenvalue weighted by Gasteiger charge is 2.37. The van der Waals surface area contributed by atoms with Gasteiger partial charge in [-0.1, -0.05) is 0 Å². The summed E-state index contributed by atoms with van der Waals surface area (Å²) in [4.78, 5) is 16.3. The zero-order chi connectivity index (χ0) is 13.6. The molecule has 0 saturated heterocycles. The van der Waals surface area contributed by atoms with Crippen molar-refractivity contribution in [2.75, 3.05) is 6.61 Å². The summed E-state index contributed by atoms with van der Waals surface area (Å²) in [5, 5.41) is 18.2. The number of hydrogen-bond donors (Lipinski definition) is 1. The molecule has 0 aliphatic carbocycles. The molecule has 1 amide bonds. The number of aliphatic hydroxyl groups excluding tert-OH is 1. The van der Waals surface area contributed by atoms with Crippen molar-refractivity contribution in [1.29, 1.82) is 5.39 Å².